The van der Waals surface area contributed by atoms with E-state index in [1.165, 1.54) is 6.21 Å². The van der Waals surface area contributed by atoms with Crippen molar-refractivity contribution in [2.45, 2.75) is 13.3 Å². The molecule has 1 amide bonds. The predicted molar refractivity (Wildman–Crippen MR) is 114 cm³/mol. The SMILES string of the molecule is CCCOc1ccc(-c2cc(C(=O)N/N=C/c3ccc(OC)c(OC)c3)[nH]n2)cc1. The van der Waals surface area contributed by atoms with E-state index in [4.69, 9.17) is 14.2 Å². The number of ether oxygens (including phenoxy) is 3. The maximum atomic E-state index is 12.3. The van der Waals surface area contributed by atoms with Gasteiger partial charge in [-0.25, -0.2) is 5.43 Å². The van der Waals surface area contributed by atoms with Crippen molar-refractivity contribution in [3.8, 4) is 28.5 Å². The normalized spacial score (nSPS) is 10.8. The third-order valence-electron chi connectivity index (χ3n) is 4.23. The van der Waals surface area contributed by atoms with Crippen LogP contribution in [0, 0.1) is 0 Å². The summed E-state index contributed by atoms with van der Waals surface area (Å²) in [6, 6.07) is 14.6. The van der Waals surface area contributed by atoms with Gasteiger partial charge >= 0.3 is 0 Å². The summed E-state index contributed by atoms with van der Waals surface area (Å²) in [6.07, 6.45) is 2.47. The molecule has 0 bridgehead atoms. The van der Waals surface area contributed by atoms with E-state index in [0.29, 0.717) is 29.5 Å². The van der Waals surface area contributed by atoms with Gasteiger partial charge in [0.2, 0.25) is 0 Å². The van der Waals surface area contributed by atoms with Crippen molar-refractivity contribution in [1.82, 2.24) is 15.6 Å². The molecular weight excluding hydrogens is 384 g/mol. The van der Waals surface area contributed by atoms with E-state index >= 15 is 0 Å². The van der Waals surface area contributed by atoms with E-state index in [0.717, 1.165) is 23.3 Å². The second kappa shape index (κ2) is 10.1. The lowest BCUT2D eigenvalue weighted by Crippen LogP contribution is -2.18. The molecule has 0 spiro atoms. The zero-order valence-electron chi connectivity index (χ0n) is 17.1. The second-order valence-electron chi connectivity index (χ2n) is 6.35. The first kappa shape index (κ1) is 20.9. The maximum Gasteiger partial charge on any atom is 0.289 e. The number of aromatic nitrogens is 2. The number of methoxy groups -OCH3 is 2. The Hall–Kier alpha value is -3.81. The number of hydrogen-bond acceptors (Lipinski definition) is 6. The maximum absolute atomic E-state index is 12.3. The molecule has 0 aliphatic rings. The van der Waals surface area contributed by atoms with Crippen LogP contribution in [0.1, 0.15) is 29.4 Å². The van der Waals surface area contributed by atoms with Crippen LogP contribution in [0.3, 0.4) is 0 Å². The minimum Gasteiger partial charge on any atom is -0.494 e. The fraction of sp³-hybridized carbons (Fsp3) is 0.227. The molecule has 30 heavy (non-hydrogen) atoms. The van der Waals surface area contributed by atoms with Gasteiger partial charge in [-0.05, 0) is 60.5 Å². The van der Waals surface area contributed by atoms with Crippen molar-refractivity contribution in [1.29, 1.82) is 0 Å². The van der Waals surface area contributed by atoms with Gasteiger partial charge < -0.3 is 14.2 Å². The molecule has 0 aliphatic heterocycles. The molecular formula is C22H24N4O4. The molecule has 3 aromatic rings. The van der Waals surface area contributed by atoms with E-state index in [1.54, 1.807) is 38.5 Å². The highest BCUT2D eigenvalue weighted by molar-refractivity contribution is 5.94. The molecule has 0 aliphatic carbocycles. The van der Waals surface area contributed by atoms with E-state index < -0.39 is 5.91 Å². The number of nitrogens with zero attached hydrogens (tertiary/aromatic N) is 2. The highest BCUT2D eigenvalue weighted by Crippen LogP contribution is 2.27. The number of amides is 1. The Kier molecular flexibility index (Phi) is 7.05. The first-order chi connectivity index (χ1) is 14.6. The van der Waals surface area contributed by atoms with Gasteiger partial charge in [0.15, 0.2) is 11.5 Å². The number of nitrogens with one attached hydrogen (secondary N) is 2. The Morgan fingerprint density at radius 3 is 2.57 bits per heavy atom. The first-order valence-electron chi connectivity index (χ1n) is 9.48. The van der Waals surface area contributed by atoms with Gasteiger partial charge in [-0.2, -0.15) is 10.2 Å². The van der Waals surface area contributed by atoms with Crippen LogP contribution in [0.4, 0.5) is 0 Å². The molecule has 0 saturated heterocycles. The standard InChI is InChI=1S/C22H24N4O4/c1-4-11-30-17-8-6-16(7-9-17)18-13-19(25-24-18)22(27)26-23-14-15-5-10-20(28-2)21(12-15)29-3/h5-10,12-14H,4,11H2,1-3H3,(H,24,25)(H,26,27)/b23-14+. The molecule has 0 fully saturated rings. The van der Waals surface area contributed by atoms with Gasteiger partial charge in [-0.15, -0.1) is 0 Å². The van der Waals surface area contributed by atoms with Gasteiger partial charge in [0.05, 0.1) is 32.7 Å². The third-order valence-corrected chi connectivity index (χ3v) is 4.23. The monoisotopic (exact) mass is 408 g/mol. The molecule has 8 nitrogen and oxygen atoms in total. The van der Waals surface area contributed by atoms with Crippen molar-refractivity contribution in [2.75, 3.05) is 20.8 Å². The van der Waals surface area contributed by atoms with E-state index in [-0.39, 0.29) is 0 Å². The van der Waals surface area contributed by atoms with Crippen LogP contribution < -0.4 is 19.6 Å². The fourth-order valence-electron chi connectivity index (χ4n) is 2.69. The second-order valence-corrected chi connectivity index (χ2v) is 6.35. The summed E-state index contributed by atoms with van der Waals surface area (Å²) in [6.45, 7) is 2.73. The molecule has 2 aromatic carbocycles. The molecule has 0 unspecified atom stereocenters. The summed E-state index contributed by atoms with van der Waals surface area (Å²) in [7, 11) is 3.13. The number of H-pyrrole nitrogens is 1. The highest BCUT2D eigenvalue weighted by Gasteiger charge is 2.11. The minimum atomic E-state index is -0.395. The molecule has 1 aromatic heterocycles. The summed E-state index contributed by atoms with van der Waals surface area (Å²) in [5.41, 5.74) is 5.07. The van der Waals surface area contributed by atoms with Crippen LogP contribution in [0.25, 0.3) is 11.3 Å². The quantitative estimate of drug-likeness (QED) is 0.416. The average Bonchev–Trinajstić information content (AvgIpc) is 3.28. The molecule has 1 heterocycles. The summed E-state index contributed by atoms with van der Waals surface area (Å²) in [5.74, 6) is 1.61. The zero-order valence-corrected chi connectivity index (χ0v) is 17.1. The Bertz CT molecular complexity index is 1010. The number of aromatic amines is 1. The summed E-state index contributed by atoms with van der Waals surface area (Å²) >= 11 is 0. The van der Waals surface area contributed by atoms with Crippen LogP contribution in [0.5, 0.6) is 17.2 Å². The number of benzene rings is 2. The Balaban J connectivity index is 1.62. The Morgan fingerprint density at radius 2 is 1.87 bits per heavy atom. The van der Waals surface area contributed by atoms with Crippen LogP contribution in [0.15, 0.2) is 53.6 Å². The summed E-state index contributed by atoms with van der Waals surface area (Å²) in [4.78, 5) is 12.3. The van der Waals surface area contributed by atoms with E-state index in [9.17, 15) is 4.79 Å². The highest BCUT2D eigenvalue weighted by atomic mass is 16.5. The Morgan fingerprint density at radius 1 is 1.10 bits per heavy atom. The number of hydrazone groups is 1. The number of carbonyl (C=O) groups excluding carboxylic acids is 1. The smallest absolute Gasteiger partial charge is 0.289 e. The van der Waals surface area contributed by atoms with Gasteiger partial charge in [-0.3, -0.25) is 9.89 Å². The lowest BCUT2D eigenvalue weighted by atomic mass is 10.1. The van der Waals surface area contributed by atoms with Crippen molar-refractivity contribution in [3.05, 3.63) is 59.8 Å². The topological polar surface area (TPSA) is 97.8 Å². The number of rotatable bonds is 9. The van der Waals surface area contributed by atoms with Gasteiger partial charge in [0, 0.05) is 5.56 Å². The zero-order chi connectivity index (χ0) is 21.3. The van der Waals surface area contributed by atoms with Gasteiger partial charge in [-0.1, -0.05) is 6.92 Å². The lowest BCUT2D eigenvalue weighted by Gasteiger charge is -2.07. The van der Waals surface area contributed by atoms with Crippen molar-refractivity contribution >= 4 is 12.1 Å². The van der Waals surface area contributed by atoms with Crippen LogP contribution in [-0.2, 0) is 0 Å². The van der Waals surface area contributed by atoms with Crippen molar-refractivity contribution in [3.63, 3.8) is 0 Å². The van der Waals surface area contributed by atoms with Crippen molar-refractivity contribution < 1.29 is 19.0 Å². The fourth-order valence-corrected chi connectivity index (χ4v) is 2.69. The van der Waals surface area contributed by atoms with Crippen LogP contribution in [0.2, 0.25) is 0 Å². The van der Waals surface area contributed by atoms with Crippen molar-refractivity contribution in [2.24, 2.45) is 5.10 Å². The summed E-state index contributed by atoms with van der Waals surface area (Å²) in [5, 5.41) is 10.9. The molecule has 0 radical (unpaired) electrons. The summed E-state index contributed by atoms with van der Waals surface area (Å²) < 4.78 is 16.0. The van der Waals surface area contributed by atoms with E-state index in [1.807, 2.05) is 24.3 Å². The third kappa shape index (κ3) is 5.16. The molecule has 3 rings (SSSR count). The van der Waals surface area contributed by atoms with E-state index in [2.05, 4.69) is 27.6 Å². The first-order valence-corrected chi connectivity index (χ1v) is 9.48. The van der Waals surface area contributed by atoms with Gasteiger partial charge in [0.25, 0.3) is 5.91 Å². The largest absolute Gasteiger partial charge is 0.494 e. The Labute approximate surface area is 174 Å². The molecule has 156 valence electrons. The van der Waals surface area contributed by atoms with Gasteiger partial charge in [0.1, 0.15) is 11.4 Å². The number of carbonyl (C=O) groups is 1. The molecule has 0 atom stereocenters. The van der Waals surface area contributed by atoms with Crippen LogP contribution in [-0.4, -0.2) is 43.1 Å². The number of hydrogen-bond donors (Lipinski definition) is 2. The average molecular weight is 408 g/mol. The molecule has 0 saturated carbocycles. The molecule has 2 N–H and O–H groups in total. The lowest BCUT2D eigenvalue weighted by molar-refractivity contribution is 0.0950. The van der Waals surface area contributed by atoms with Crippen LogP contribution >= 0.6 is 0 Å². The molecule has 8 heteroatoms. The minimum absolute atomic E-state index is 0.306. The predicted octanol–water partition coefficient (Wildman–Crippen LogP) is 3.65.